The molecule has 0 amide bonds. The van der Waals surface area contributed by atoms with E-state index in [2.05, 4.69) is 70.0 Å². The lowest BCUT2D eigenvalue weighted by atomic mass is 9.98. The van der Waals surface area contributed by atoms with Gasteiger partial charge in [0.1, 0.15) is 11.3 Å². The van der Waals surface area contributed by atoms with Crippen LogP contribution in [0.25, 0.3) is 60.7 Å². The van der Waals surface area contributed by atoms with Crippen LogP contribution in [-0.2, 0) is 12.8 Å². The number of hydrogen-bond acceptors (Lipinski definition) is 3. The number of fused-ring (bicyclic) bond motifs is 14. The Bertz CT molecular complexity index is 2070. The fourth-order valence-electron chi connectivity index (χ4n) is 6.38. The molecule has 4 aromatic heterocycles. The van der Waals surface area contributed by atoms with Gasteiger partial charge in [0.2, 0.25) is 0 Å². The van der Waals surface area contributed by atoms with Gasteiger partial charge in [-0.25, -0.2) is 9.97 Å². The second kappa shape index (κ2) is 6.10. The Kier molecular flexibility index (Phi) is 3.11. The van der Waals surface area contributed by atoms with Crippen molar-refractivity contribution in [2.45, 2.75) is 12.8 Å². The van der Waals surface area contributed by atoms with Gasteiger partial charge in [-0.3, -0.25) is 9.38 Å². The molecule has 0 aliphatic heterocycles. The van der Waals surface area contributed by atoms with E-state index in [1.165, 1.54) is 44.5 Å². The third-order valence-corrected chi connectivity index (χ3v) is 7.92. The van der Waals surface area contributed by atoms with E-state index >= 15 is 0 Å². The van der Waals surface area contributed by atoms with Crippen LogP contribution in [0.2, 0.25) is 0 Å². The molecule has 0 radical (unpaired) electrons. The molecule has 2 aliphatic rings. The molecule has 3 aromatic carbocycles. The number of rotatable bonds is 0. The number of pyridine rings is 3. The van der Waals surface area contributed by atoms with Gasteiger partial charge in [0.25, 0.3) is 0 Å². The van der Waals surface area contributed by atoms with Crippen LogP contribution in [0, 0.1) is 0 Å². The molecule has 4 heteroatoms. The quantitative estimate of drug-likeness (QED) is 0.243. The van der Waals surface area contributed by atoms with Crippen LogP contribution in [0.4, 0.5) is 0 Å². The molecule has 0 saturated heterocycles. The first kappa shape index (κ1) is 17.8. The van der Waals surface area contributed by atoms with Crippen LogP contribution in [0.3, 0.4) is 0 Å². The first-order valence-electron chi connectivity index (χ1n) is 12.0. The summed E-state index contributed by atoms with van der Waals surface area (Å²) in [5.74, 6) is 0. The van der Waals surface area contributed by atoms with E-state index in [0.717, 1.165) is 51.3 Å². The monoisotopic (exact) mass is 446 g/mol. The van der Waals surface area contributed by atoms with E-state index in [4.69, 9.17) is 9.97 Å². The van der Waals surface area contributed by atoms with Crippen molar-refractivity contribution in [1.82, 2.24) is 19.4 Å². The standard InChI is InChI=1S/C31H18N4/c1-2-5-21-17(4-1)10-18-13-25-19(12-24(18)21)11-20-14-28-29(15-26(20)25)35-30-22(6-3-8-33-30)27-16-32-9-7-23(27)31(35)34-28/h1-9,12-16H,10-11H2. The summed E-state index contributed by atoms with van der Waals surface area (Å²) in [6, 6.07) is 24.5. The maximum Gasteiger partial charge on any atom is 0.147 e. The molecule has 0 bridgehead atoms. The van der Waals surface area contributed by atoms with Gasteiger partial charge >= 0.3 is 0 Å². The molecule has 9 rings (SSSR count). The Morgan fingerprint density at radius 3 is 2.31 bits per heavy atom. The zero-order valence-corrected chi connectivity index (χ0v) is 18.8. The number of benzene rings is 3. The molecule has 0 spiro atoms. The molecule has 2 aliphatic carbocycles. The van der Waals surface area contributed by atoms with Crippen molar-refractivity contribution in [2.24, 2.45) is 0 Å². The smallest absolute Gasteiger partial charge is 0.147 e. The van der Waals surface area contributed by atoms with E-state index in [1.807, 2.05) is 24.7 Å². The maximum atomic E-state index is 5.12. The summed E-state index contributed by atoms with van der Waals surface area (Å²) in [6.45, 7) is 0. The predicted octanol–water partition coefficient (Wildman–Crippen LogP) is 6.73. The number of aromatic nitrogens is 4. The zero-order valence-electron chi connectivity index (χ0n) is 18.8. The Balaban J connectivity index is 1.35. The van der Waals surface area contributed by atoms with Gasteiger partial charge in [0.15, 0.2) is 0 Å². The molecule has 0 saturated carbocycles. The Morgan fingerprint density at radius 1 is 0.600 bits per heavy atom. The molecule has 162 valence electrons. The first-order chi connectivity index (χ1) is 17.3. The van der Waals surface area contributed by atoms with Crippen LogP contribution < -0.4 is 0 Å². The average Bonchev–Trinajstić information content (AvgIpc) is 3.56. The van der Waals surface area contributed by atoms with Crippen molar-refractivity contribution in [3.8, 4) is 22.3 Å². The largest absolute Gasteiger partial charge is 0.276 e. The number of hydrogen-bond donors (Lipinski definition) is 0. The van der Waals surface area contributed by atoms with Crippen LogP contribution in [0.1, 0.15) is 22.3 Å². The summed E-state index contributed by atoms with van der Waals surface area (Å²) in [7, 11) is 0. The highest BCUT2D eigenvalue weighted by Gasteiger charge is 2.26. The molecule has 35 heavy (non-hydrogen) atoms. The molecule has 0 N–H and O–H groups in total. The van der Waals surface area contributed by atoms with E-state index in [9.17, 15) is 0 Å². The fraction of sp³-hybridized carbons (Fsp3) is 0.0645. The molecular formula is C31H18N4. The minimum absolute atomic E-state index is 0.924. The summed E-state index contributed by atoms with van der Waals surface area (Å²) in [6.07, 6.45) is 7.60. The number of nitrogens with zero attached hydrogens (tertiary/aromatic N) is 4. The van der Waals surface area contributed by atoms with Crippen molar-refractivity contribution in [3.05, 3.63) is 108 Å². The van der Waals surface area contributed by atoms with E-state index in [-0.39, 0.29) is 0 Å². The normalized spacial score (nSPS) is 13.5. The summed E-state index contributed by atoms with van der Waals surface area (Å²) in [4.78, 5) is 14.3. The molecular weight excluding hydrogens is 428 g/mol. The first-order valence-corrected chi connectivity index (χ1v) is 12.0. The van der Waals surface area contributed by atoms with E-state index in [1.54, 1.807) is 0 Å². The molecule has 7 aromatic rings. The van der Waals surface area contributed by atoms with Crippen LogP contribution >= 0.6 is 0 Å². The van der Waals surface area contributed by atoms with Gasteiger partial charge in [0.05, 0.1) is 11.0 Å². The van der Waals surface area contributed by atoms with Crippen LogP contribution in [0.15, 0.2) is 85.3 Å². The van der Waals surface area contributed by atoms with Crippen LogP contribution in [0.5, 0.6) is 0 Å². The van der Waals surface area contributed by atoms with Crippen molar-refractivity contribution in [3.63, 3.8) is 0 Å². The summed E-state index contributed by atoms with van der Waals surface area (Å²) >= 11 is 0. The van der Waals surface area contributed by atoms with Gasteiger partial charge in [-0.2, -0.15) is 0 Å². The highest BCUT2D eigenvalue weighted by atomic mass is 15.1. The van der Waals surface area contributed by atoms with Crippen molar-refractivity contribution in [2.75, 3.05) is 0 Å². The summed E-state index contributed by atoms with van der Waals surface area (Å²) in [5.41, 5.74) is 15.1. The fourth-order valence-corrected chi connectivity index (χ4v) is 6.38. The lowest BCUT2D eigenvalue weighted by Gasteiger charge is -2.08. The van der Waals surface area contributed by atoms with Gasteiger partial charge in [-0.15, -0.1) is 0 Å². The minimum atomic E-state index is 0.924. The minimum Gasteiger partial charge on any atom is -0.276 e. The Labute approximate surface area is 200 Å². The average molecular weight is 447 g/mol. The lowest BCUT2D eigenvalue weighted by molar-refractivity contribution is 1.23. The SMILES string of the molecule is c1ccc2c(c1)Cc1cc3c(cc1-2)Cc1cc2nc4c5ccncc5c5cccnc5n4c2cc1-3. The third-order valence-electron chi connectivity index (χ3n) is 7.92. The van der Waals surface area contributed by atoms with Crippen molar-refractivity contribution in [1.29, 1.82) is 0 Å². The molecule has 0 unspecified atom stereocenters. The Hall–Kier alpha value is -4.57. The van der Waals surface area contributed by atoms with Crippen LogP contribution in [-0.4, -0.2) is 19.4 Å². The number of imidazole rings is 1. The Morgan fingerprint density at radius 2 is 1.37 bits per heavy atom. The third kappa shape index (κ3) is 2.20. The molecule has 0 fully saturated rings. The summed E-state index contributed by atoms with van der Waals surface area (Å²) in [5, 5.41) is 3.29. The summed E-state index contributed by atoms with van der Waals surface area (Å²) < 4.78 is 2.23. The van der Waals surface area contributed by atoms with Gasteiger partial charge < -0.3 is 0 Å². The van der Waals surface area contributed by atoms with Gasteiger partial charge in [0, 0.05) is 34.7 Å². The second-order valence-corrected chi connectivity index (χ2v) is 9.74. The zero-order chi connectivity index (χ0) is 22.7. The second-order valence-electron chi connectivity index (χ2n) is 9.74. The lowest BCUT2D eigenvalue weighted by Crippen LogP contribution is -1.94. The van der Waals surface area contributed by atoms with Gasteiger partial charge in [-0.1, -0.05) is 24.3 Å². The van der Waals surface area contributed by atoms with Crippen molar-refractivity contribution >= 4 is 38.5 Å². The maximum absolute atomic E-state index is 5.12. The molecule has 0 atom stereocenters. The highest BCUT2D eigenvalue weighted by Crippen LogP contribution is 2.46. The van der Waals surface area contributed by atoms with E-state index in [0.29, 0.717) is 0 Å². The predicted molar refractivity (Wildman–Crippen MR) is 140 cm³/mol. The van der Waals surface area contributed by atoms with E-state index < -0.39 is 0 Å². The van der Waals surface area contributed by atoms with Gasteiger partial charge in [-0.05, 0) is 99.8 Å². The highest BCUT2D eigenvalue weighted by molar-refractivity contribution is 6.12. The van der Waals surface area contributed by atoms with Crippen molar-refractivity contribution < 1.29 is 0 Å². The molecule has 4 nitrogen and oxygen atoms in total. The topological polar surface area (TPSA) is 43.1 Å². The molecule has 4 heterocycles.